The number of likely N-dealkylation sites (tertiary alicyclic amines) is 1. The first-order valence-corrected chi connectivity index (χ1v) is 9.97. The van der Waals surface area contributed by atoms with Crippen LogP contribution >= 0.6 is 0 Å². The standard InChI is InChI=1S/C21H33N3O2/c1-17-6-3-4-7-18(17)16-21(26)24-12-8-19(20(25)9-13-24)23-11-5-10-22(2)14-15-23/h3-4,6-7,19-20,25H,5,8-16H2,1-2H3/t19-,20-/m0/s1. The van der Waals surface area contributed by atoms with Gasteiger partial charge in [-0.05, 0) is 57.5 Å². The van der Waals surface area contributed by atoms with E-state index in [1.165, 1.54) is 5.56 Å². The number of likely N-dealkylation sites (N-methyl/N-ethyl adjacent to an activating group) is 1. The van der Waals surface area contributed by atoms with Gasteiger partial charge in [0.1, 0.15) is 0 Å². The molecule has 1 aromatic carbocycles. The molecule has 1 amide bonds. The Labute approximate surface area is 157 Å². The molecular weight excluding hydrogens is 326 g/mol. The number of benzene rings is 1. The van der Waals surface area contributed by atoms with Crippen molar-refractivity contribution in [3.8, 4) is 0 Å². The van der Waals surface area contributed by atoms with Crippen molar-refractivity contribution in [1.29, 1.82) is 0 Å². The largest absolute Gasteiger partial charge is 0.391 e. The van der Waals surface area contributed by atoms with Gasteiger partial charge in [0.05, 0.1) is 12.5 Å². The monoisotopic (exact) mass is 359 g/mol. The van der Waals surface area contributed by atoms with Crippen LogP contribution in [0.4, 0.5) is 0 Å². The lowest BCUT2D eigenvalue weighted by Gasteiger charge is -2.32. The lowest BCUT2D eigenvalue weighted by molar-refractivity contribution is -0.130. The molecule has 0 aliphatic carbocycles. The molecule has 144 valence electrons. The van der Waals surface area contributed by atoms with Gasteiger partial charge in [-0.2, -0.15) is 0 Å². The van der Waals surface area contributed by atoms with E-state index < -0.39 is 0 Å². The van der Waals surface area contributed by atoms with Gasteiger partial charge in [-0.25, -0.2) is 0 Å². The van der Waals surface area contributed by atoms with Gasteiger partial charge in [-0.1, -0.05) is 24.3 Å². The van der Waals surface area contributed by atoms with Crippen LogP contribution in [-0.2, 0) is 11.2 Å². The predicted molar refractivity (Wildman–Crippen MR) is 104 cm³/mol. The summed E-state index contributed by atoms with van der Waals surface area (Å²) in [5.74, 6) is 0.183. The topological polar surface area (TPSA) is 47.0 Å². The highest BCUT2D eigenvalue weighted by atomic mass is 16.3. The number of aliphatic hydroxyl groups excluding tert-OH is 1. The highest BCUT2D eigenvalue weighted by Gasteiger charge is 2.31. The van der Waals surface area contributed by atoms with Crippen molar-refractivity contribution >= 4 is 5.91 Å². The fourth-order valence-electron chi connectivity index (χ4n) is 4.23. The highest BCUT2D eigenvalue weighted by Crippen LogP contribution is 2.20. The van der Waals surface area contributed by atoms with Crippen LogP contribution in [0.3, 0.4) is 0 Å². The summed E-state index contributed by atoms with van der Waals surface area (Å²) in [4.78, 5) is 19.6. The van der Waals surface area contributed by atoms with Crippen LogP contribution in [0.5, 0.6) is 0 Å². The number of rotatable bonds is 3. The maximum absolute atomic E-state index is 12.8. The first kappa shape index (κ1) is 19.3. The van der Waals surface area contributed by atoms with Crippen molar-refractivity contribution < 1.29 is 9.90 Å². The first-order valence-electron chi connectivity index (χ1n) is 9.97. The average Bonchev–Trinajstić information content (AvgIpc) is 2.95. The van der Waals surface area contributed by atoms with E-state index in [4.69, 9.17) is 0 Å². The lowest BCUT2D eigenvalue weighted by Crippen LogP contribution is -2.45. The third-order valence-corrected chi connectivity index (χ3v) is 6.01. The number of amides is 1. The van der Waals surface area contributed by atoms with Gasteiger partial charge in [0.2, 0.25) is 5.91 Å². The second kappa shape index (κ2) is 8.98. The highest BCUT2D eigenvalue weighted by molar-refractivity contribution is 5.79. The Morgan fingerprint density at radius 2 is 1.85 bits per heavy atom. The zero-order valence-corrected chi connectivity index (χ0v) is 16.2. The molecule has 1 N–H and O–H groups in total. The summed E-state index contributed by atoms with van der Waals surface area (Å²) in [6.45, 7) is 7.70. The number of carbonyl (C=O) groups is 1. The molecule has 0 radical (unpaired) electrons. The van der Waals surface area contributed by atoms with Gasteiger partial charge < -0.3 is 14.9 Å². The molecule has 0 bridgehead atoms. The van der Waals surface area contributed by atoms with Crippen LogP contribution in [0.25, 0.3) is 0 Å². The molecule has 0 spiro atoms. The quantitative estimate of drug-likeness (QED) is 0.889. The Hall–Kier alpha value is -1.43. The minimum absolute atomic E-state index is 0.178. The molecule has 0 saturated carbocycles. The van der Waals surface area contributed by atoms with E-state index in [0.29, 0.717) is 19.4 Å². The molecule has 2 aliphatic rings. The second-order valence-electron chi connectivity index (χ2n) is 7.89. The van der Waals surface area contributed by atoms with E-state index in [1.807, 2.05) is 23.1 Å². The third-order valence-electron chi connectivity index (χ3n) is 6.01. The van der Waals surface area contributed by atoms with Crippen LogP contribution < -0.4 is 0 Å². The number of aryl methyl sites for hydroxylation is 1. The number of hydrogen-bond acceptors (Lipinski definition) is 4. The van der Waals surface area contributed by atoms with Crippen molar-refractivity contribution in [2.45, 2.75) is 44.8 Å². The SMILES string of the molecule is Cc1ccccc1CC(=O)N1CC[C@H](O)[C@@H](N2CCCN(C)CC2)CC1. The summed E-state index contributed by atoms with van der Waals surface area (Å²) in [6, 6.07) is 8.28. The Kier molecular flexibility index (Phi) is 6.68. The van der Waals surface area contributed by atoms with Crippen molar-refractivity contribution in [3.63, 3.8) is 0 Å². The molecule has 1 aromatic rings. The van der Waals surface area contributed by atoms with Crippen molar-refractivity contribution in [2.24, 2.45) is 0 Å². The van der Waals surface area contributed by atoms with E-state index in [-0.39, 0.29) is 18.1 Å². The van der Waals surface area contributed by atoms with Crippen LogP contribution in [0.15, 0.2) is 24.3 Å². The van der Waals surface area contributed by atoms with E-state index >= 15 is 0 Å². The molecule has 5 heteroatoms. The Morgan fingerprint density at radius 1 is 1.08 bits per heavy atom. The van der Waals surface area contributed by atoms with Crippen molar-refractivity contribution in [3.05, 3.63) is 35.4 Å². The average molecular weight is 360 g/mol. The lowest BCUT2D eigenvalue weighted by atomic mass is 10.0. The smallest absolute Gasteiger partial charge is 0.227 e. The van der Waals surface area contributed by atoms with E-state index in [2.05, 4.69) is 29.8 Å². The predicted octanol–water partition coefficient (Wildman–Crippen LogP) is 1.53. The molecule has 2 saturated heterocycles. The number of aliphatic hydroxyl groups is 1. The number of hydrogen-bond donors (Lipinski definition) is 1. The molecule has 2 fully saturated rings. The Balaban J connectivity index is 1.59. The summed E-state index contributed by atoms with van der Waals surface area (Å²) < 4.78 is 0. The van der Waals surface area contributed by atoms with Crippen molar-refractivity contribution in [2.75, 3.05) is 46.3 Å². The van der Waals surface area contributed by atoms with E-state index in [9.17, 15) is 9.90 Å². The van der Waals surface area contributed by atoms with E-state index in [1.54, 1.807) is 0 Å². The molecule has 0 unspecified atom stereocenters. The van der Waals surface area contributed by atoms with Gasteiger partial charge in [0.25, 0.3) is 0 Å². The molecular formula is C21H33N3O2. The molecule has 5 nitrogen and oxygen atoms in total. The van der Waals surface area contributed by atoms with E-state index in [0.717, 1.165) is 51.1 Å². The fraction of sp³-hybridized carbons (Fsp3) is 0.667. The Bertz CT molecular complexity index is 607. The van der Waals surface area contributed by atoms with Gasteiger partial charge in [0, 0.05) is 32.2 Å². The normalized spacial score (nSPS) is 26.3. The van der Waals surface area contributed by atoms with Crippen LogP contribution in [0, 0.1) is 6.92 Å². The van der Waals surface area contributed by atoms with Gasteiger partial charge in [0.15, 0.2) is 0 Å². The molecule has 2 heterocycles. The maximum atomic E-state index is 12.8. The zero-order chi connectivity index (χ0) is 18.5. The third kappa shape index (κ3) is 4.84. The van der Waals surface area contributed by atoms with Crippen molar-refractivity contribution in [1.82, 2.24) is 14.7 Å². The zero-order valence-electron chi connectivity index (χ0n) is 16.2. The Morgan fingerprint density at radius 3 is 2.65 bits per heavy atom. The minimum atomic E-state index is -0.338. The molecule has 0 aromatic heterocycles. The number of carbonyl (C=O) groups excluding carboxylic acids is 1. The summed E-state index contributed by atoms with van der Waals surface area (Å²) in [6.07, 6.45) is 2.81. The van der Waals surface area contributed by atoms with Crippen LogP contribution in [0.1, 0.15) is 30.4 Å². The first-order chi connectivity index (χ1) is 12.5. The van der Waals surface area contributed by atoms with Crippen LogP contribution in [0.2, 0.25) is 0 Å². The summed E-state index contributed by atoms with van der Waals surface area (Å²) >= 11 is 0. The summed E-state index contributed by atoms with van der Waals surface area (Å²) in [5.41, 5.74) is 2.27. The van der Waals surface area contributed by atoms with Gasteiger partial charge in [-0.3, -0.25) is 9.69 Å². The summed E-state index contributed by atoms with van der Waals surface area (Å²) in [7, 11) is 2.17. The second-order valence-corrected chi connectivity index (χ2v) is 7.89. The number of nitrogens with zero attached hydrogens (tertiary/aromatic N) is 3. The van der Waals surface area contributed by atoms with Crippen LogP contribution in [-0.4, -0.2) is 84.2 Å². The molecule has 2 atom stereocenters. The molecule has 3 rings (SSSR count). The van der Waals surface area contributed by atoms with Gasteiger partial charge in [-0.15, -0.1) is 0 Å². The molecule has 2 aliphatic heterocycles. The maximum Gasteiger partial charge on any atom is 0.227 e. The molecule has 26 heavy (non-hydrogen) atoms. The van der Waals surface area contributed by atoms with Gasteiger partial charge >= 0.3 is 0 Å². The fourth-order valence-corrected chi connectivity index (χ4v) is 4.23. The summed E-state index contributed by atoms with van der Waals surface area (Å²) in [5, 5.41) is 10.7. The minimum Gasteiger partial charge on any atom is -0.391 e.